The fourth-order valence-electron chi connectivity index (χ4n) is 5.82. The van der Waals surface area contributed by atoms with Gasteiger partial charge in [-0.3, -0.25) is 4.90 Å². The molecule has 27 heavy (non-hydrogen) atoms. The summed E-state index contributed by atoms with van der Waals surface area (Å²) in [6, 6.07) is 9.33. The summed E-state index contributed by atoms with van der Waals surface area (Å²) in [5.74, 6) is -2.51. The van der Waals surface area contributed by atoms with Crippen LogP contribution in [0.1, 0.15) is 56.6 Å². The molecule has 5 heteroatoms. The summed E-state index contributed by atoms with van der Waals surface area (Å²) in [5.41, 5.74) is 4.34. The predicted octanol–water partition coefficient (Wildman–Crippen LogP) is 3.83. The quantitative estimate of drug-likeness (QED) is 0.790. The summed E-state index contributed by atoms with van der Waals surface area (Å²) in [5, 5.41) is 15.6. The van der Waals surface area contributed by atoms with Gasteiger partial charge in [0.1, 0.15) is 0 Å². The van der Waals surface area contributed by atoms with Crippen LogP contribution in [0, 0.1) is 5.41 Å². The lowest BCUT2D eigenvalue weighted by molar-refractivity contribution is -0.134. The first-order valence-electron chi connectivity index (χ1n) is 9.92. The first-order chi connectivity index (χ1) is 12.9. The monoisotopic (exact) mass is 371 g/mol. The van der Waals surface area contributed by atoms with E-state index in [0.717, 1.165) is 0 Å². The number of carbonyl (C=O) groups is 2. The maximum atomic E-state index is 9.55. The van der Waals surface area contributed by atoms with Gasteiger partial charge in [-0.2, -0.15) is 0 Å². The van der Waals surface area contributed by atoms with Crippen molar-refractivity contribution < 1.29 is 19.8 Å². The number of hydrogen-bond donors (Lipinski definition) is 2. The summed E-state index contributed by atoms with van der Waals surface area (Å²) < 4.78 is 0. The standard InChI is InChI=1S/C18H25N.C4H4O4/c1-2-19-14-13-17-10-5-6-11-18(17,19)16-8-4-3-7-15(16)9-12-17;5-3(6)1-2-4(7)8/h3-4,7-8H,2,5-6,9-14H2,1H3;1-2H,(H,5,6)(H,7,8)/b;2-1+. The molecule has 2 unspecified atom stereocenters. The number of rotatable bonds is 3. The molecular weight excluding hydrogens is 342 g/mol. The van der Waals surface area contributed by atoms with Crippen LogP contribution in [0.15, 0.2) is 36.4 Å². The Morgan fingerprint density at radius 3 is 2.37 bits per heavy atom. The molecule has 1 aromatic carbocycles. The van der Waals surface area contributed by atoms with Crippen molar-refractivity contribution in [3.8, 4) is 0 Å². The Hall–Kier alpha value is -2.14. The number of aryl methyl sites for hydroxylation is 1. The molecule has 5 nitrogen and oxygen atoms in total. The van der Waals surface area contributed by atoms with Crippen molar-refractivity contribution in [2.45, 2.75) is 57.4 Å². The van der Waals surface area contributed by atoms with Gasteiger partial charge in [-0.25, -0.2) is 9.59 Å². The van der Waals surface area contributed by atoms with Gasteiger partial charge in [0.05, 0.1) is 5.54 Å². The Labute approximate surface area is 160 Å². The van der Waals surface area contributed by atoms with E-state index in [9.17, 15) is 9.59 Å². The normalized spacial score (nSPS) is 29.2. The molecule has 1 aromatic rings. The van der Waals surface area contributed by atoms with Crippen LogP contribution in [0.2, 0.25) is 0 Å². The molecule has 4 rings (SSSR count). The second-order valence-corrected chi connectivity index (χ2v) is 7.84. The van der Waals surface area contributed by atoms with E-state index in [4.69, 9.17) is 10.2 Å². The second kappa shape index (κ2) is 7.85. The van der Waals surface area contributed by atoms with Gasteiger partial charge in [-0.15, -0.1) is 0 Å². The number of likely N-dealkylation sites (tertiary alicyclic amines) is 1. The van der Waals surface area contributed by atoms with E-state index in [2.05, 4.69) is 36.1 Å². The van der Waals surface area contributed by atoms with Crippen LogP contribution in [0.25, 0.3) is 0 Å². The molecule has 0 amide bonds. The van der Waals surface area contributed by atoms with Crippen molar-refractivity contribution in [1.29, 1.82) is 0 Å². The average molecular weight is 371 g/mol. The largest absolute Gasteiger partial charge is 0.478 e. The molecule has 2 fully saturated rings. The average Bonchev–Trinajstić information content (AvgIpc) is 3.02. The second-order valence-electron chi connectivity index (χ2n) is 7.84. The maximum absolute atomic E-state index is 9.55. The molecule has 0 spiro atoms. The van der Waals surface area contributed by atoms with Crippen LogP contribution in [-0.2, 0) is 21.5 Å². The number of benzene rings is 1. The number of fused-ring (bicyclic) bond motifs is 1. The smallest absolute Gasteiger partial charge is 0.328 e. The molecule has 146 valence electrons. The van der Waals surface area contributed by atoms with Crippen molar-refractivity contribution in [2.24, 2.45) is 5.41 Å². The van der Waals surface area contributed by atoms with Crippen molar-refractivity contribution in [2.75, 3.05) is 13.1 Å². The molecule has 1 saturated heterocycles. The van der Waals surface area contributed by atoms with Crippen molar-refractivity contribution in [3.05, 3.63) is 47.5 Å². The minimum atomic E-state index is -1.26. The molecule has 2 atom stereocenters. The molecule has 1 saturated carbocycles. The van der Waals surface area contributed by atoms with Crippen LogP contribution < -0.4 is 0 Å². The summed E-state index contributed by atoms with van der Waals surface area (Å²) in [7, 11) is 0. The lowest BCUT2D eigenvalue weighted by Gasteiger charge is -2.56. The van der Waals surface area contributed by atoms with Crippen LogP contribution >= 0.6 is 0 Å². The van der Waals surface area contributed by atoms with E-state index in [0.29, 0.717) is 23.1 Å². The molecule has 1 heterocycles. The predicted molar refractivity (Wildman–Crippen MR) is 104 cm³/mol. The Morgan fingerprint density at radius 2 is 1.70 bits per heavy atom. The van der Waals surface area contributed by atoms with Gasteiger partial charge in [0, 0.05) is 12.2 Å². The summed E-state index contributed by atoms with van der Waals surface area (Å²) in [6.45, 7) is 4.90. The minimum absolute atomic E-state index is 0.398. The highest BCUT2D eigenvalue weighted by Crippen LogP contribution is 2.64. The molecule has 2 aliphatic carbocycles. The highest BCUT2D eigenvalue weighted by Gasteiger charge is 2.61. The van der Waals surface area contributed by atoms with Crippen molar-refractivity contribution in [3.63, 3.8) is 0 Å². The molecule has 3 aliphatic rings. The number of carboxylic acids is 2. The van der Waals surface area contributed by atoms with Crippen molar-refractivity contribution >= 4 is 11.9 Å². The van der Waals surface area contributed by atoms with Crippen LogP contribution in [-0.4, -0.2) is 40.1 Å². The van der Waals surface area contributed by atoms with Gasteiger partial charge in [-0.05, 0) is 61.7 Å². The number of aliphatic carboxylic acids is 2. The topological polar surface area (TPSA) is 77.8 Å². The molecule has 0 radical (unpaired) electrons. The van der Waals surface area contributed by atoms with Gasteiger partial charge in [0.2, 0.25) is 0 Å². The third-order valence-corrected chi connectivity index (χ3v) is 6.81. The van der Waals surface area contributed by atoms with Gasteiger partial charge in [0.15, 0.2) is 0 Å². The van der Waals surface area contributed by atoms with Crippen molar-refractivity contribution in [1.82, 2.24) is 4.90 Å². The van der Waals surface area contributed by atoms with Crippen LogP contribution in [0.4, 0.5) is 0 Å². The Balaban J connectivity index is 0.000000226. The fraction of sp³-hybridized carbons (Fsp3) is 0.545. The summed E-state index contributed by atoms with van der Waals surface area (Å²) in [6.07, 6.45) is 11.1. The lowest BCUT2D eigenvalue weighted by Crippen LogP contribution is -2.55. The van der Waals surface area contributed by atoms with E-state index in [1.807, 2.05) is 0 Å². The van der Waals surface area contributed by atoms with E-state index in [1.165, 1.54) is 58.0 Å². The minimum Gasteiger partial charge on any atom is -0.478 e. The molecule has 0 bridgehead atoms. The first kappa shape index (κ1) is 19.6. The Morgan fingerprint density at radius 1 is 1.04 bits per heavy atom. The van der Waals surface area contributed by atoms with E-state index >= 15 is 0 Å². The van der Waals surface area contributed by atoms with Crippen LogP contribution in [0.3, 0.4) is 0 Å². The molecular formula is C22H29NO4. The Bertz CT molecular complexity index is 728. The molecule has 1 aliphatic heterocycles. The summed E-state index contributed by atoms with van der Waals surface area (Å²) in [4.78, 5) is 21.9. The summed E-state index contributed by atoms with van der Waals surface area (Å²) >= 11 is 0. The molecule has 0 aromatic heterocycles. The third-order valence-electron chi connectivity index (χ3n) is 6.81. The van der Waals surface area contributed by atoms with E-state index in [-0.39, 0.29) is 0 Å². The molecule has 2 N–H and O–H groups in total. The zero-order chi connectivity index (χ0) is 19.5. The Kier molecular flexibility index (Phi) is 5.70. The zero-order valence-electron chi connectivity index (χ0n) is 16.0. The highest BCUT2D eigenvalue weighted by molar-refractivity contribution is 5.89. The fourth-order valence-corrected chi connectivity index (χ4v) is 5.82. The van der Waals surface area contributed by atoms with E-state index < -0.39 is 11.9 Å². The van der Waals surface area contributed by atoms with Crippen LogP contribution in [0.5, 0.6) is 0 Å². The van der Waals surface area contributed by atoms with Gasteiger partial charge in [0.25, 0.3) is 0 Å². The van der Waals surface area contributed by atoms with E-state index in [1.54, 1.807) is 11.1 Å². The SMILES string of the molecule is CCN1CCC23CCCCC12c1ccccc1CC3.O=C(O)/C=C/C(=O)O. The van der Waals surface area contributed by atoms with Gasteiger partial charge >= 0.3 is 11.9 Å². The number of hydrogen-bond acceptors (Lipinski definition) is 3. The highest BCUT2D eigenvalue weighted by atomic mass is 16.4. The number of carboxylic acid groups (broad SMARTS) is 2. The lowest BCUT2D eigenvalue weighted by atomic mass is 9.53. The van der Waals surface area contributed by atoms with Gasteiger partial charge < -0.3 is 10.2 Å². The third kappa shape index (κ3) is 3.41. The number of nitrogens with zero attached hydrogens (tertiary/aromatic N) is 1. The van der Waals surface area contributed by atoms with Gasteiger partial charge in [-0.1, -0.05) is 44.0 Å². The zero-order valence-corrected chi connectivity index (χ0v) is 16.0. The maximum Gasteiger partial charge on any atom is 0.328 e. The first-order valence-corrected chi connectivity index (χ1v) is 9.92.